The molecule has 1 aliphatic rings. The lowest BCUT2D eigenvalue weighted by Gasteiger charge is -2.36. The highest BCUT2D eigenvalue weighted by Gasteiger charge is 2.27. The Morgan fingerprint density at radius 2 is 1.94 bits per heavy atom. The number of amides is 1. The quantitative estimate of drug-likeness (QED) is 0.362. The van der Waals surface area contributed by atoms with Crippen LogP contribution in [-0.4, -0.2) is 28.5 Å². The van der Waals surface area contributed by atoms with Crippen molar-refractivity contribution in [3.63, 3.8) is 0 Å². The smallest absolute Gasteiger partial charge is 0.252 e. The zero-order valence-corrected chi connectivity index (χ0v) is 20.3. The summed E-state index contributed by atoms with van der Waals surface area (Å²) in [5.74, 6) is -0.0308. The number of carbonyl (C=O) groups is 1. The first-order chi connectivity index (χ1) is 14.7. The van der Waals surface area contributed by atoms with E-state index in [1.807, 2.05) is 48.7 Å². The molecule has 166 valence electrons. The SMILES string of the molecule is Cl.Cl.O=C(NC1Cc2cc(Br)ccc2N(Cc2cnc[nH]2)C1)c1cccc2ccccc12. The molecule has 32 heavy (non-hydrogen) atoms. The monoisotopic (exact) mass is 532 g/mol. The molecule has 0 aliphatic carbocycles. The molecule has 0 spiro atoms. The number of benzene rings is 3. The third kappa shape index (κ3) is 4.93. The predicted molar refractivity (Wildman–Crippen MR) is 137 cm³/mol. The molecule has 3 aromatic carbocycles. The summed E-state index contributed by atoms with van der Waals surface area (Å²) >= 11 is 3.58. The topological polar surface area (TPSA) is 61.0 Å². The molecule has 0 saturated heterocycles. The second-order valence-electron chi connectivity index (χ2n) is 7.63. The second kappa shape index (κ2) is 10.4. The Balaban J connectivity index is 0.00000144. The molecule has 1 aromatic heterocycles. The van der Waals surface area contributed by atoms with Crippen LogP contribution < -0.4 is 10.2 Å². The Morgan fingerprint density at radius 1 is 1.12 bits per heavy atom. The van der Waals surface area contributed by atoms with Crippen LogP contribution in [0.2, 0.25) is 0 Å². The fourth-order valence-electron chi connectivity index (χ4n) is 4.23. The van der Waals surface area contributed by atoms with E-state index in [-0.39, 0.29) is 36.8 Å². The average Bonchev–Trinajstić information content (AvgIpc) is 3.26. The van der Waals surface area contributed by atoms with Gasteiger partial charge in [0.1, 0.15) is 0 Å². The van der Waals surface area contributed by atoms with E-state index in [0.717, 1.165) is 40.4 Å². The molecular formula is C24H23BrCl2N4O. The van der Waals surface area contributed by atoms with Gasteiger partial charge in [0, 0.05) is 28.5 Å². The molecular weight excluding hydrogens is 511 g/mol. The summed E-state index contributed by atoms with van der Waals surface area (Å²) in [6.45, 7) is 1.46. The van der Waals surface area contributed by atoms with Gasteiger partial charge in [0.15, 0.2) is 0 Å². The first kappa shape index (κ1) is 24.1. The van der Waals surface area contributed by atoms with E-state index < -0.39 is 0 Å². The van der Waals surface area contributed by atoms with Gasteiger partial charge < -0.3 is 15.2 Å². The van der Waals surface area contributed by atoms with Crippen molar-refractivity contribution in [3.8, 4) is 0 Å². The number of rotatable bonds is 4. The molecule has 0 saturated carbocycles. The van der Waals surface area contributed by atoms with Crippen molar-refractivity contribution in [3.05, 3.63) is 94.5 Å². The molecule has 4 aromatic rings. The largest absolute Gasteiger partial charge is 0.363 e. The number of nitrogens with zero attached hydrogens (tertiary/aromatic N) is 2. The summed E-state index contributed by atoms with van der Waals surface area (Å²) in [7, 11) is 0. The zero-order valence-electron chi connectivity index (χ0n) is 17.1. The van der Waals surface area contributed by atoms with Gasteiger partial charge in [0.2, 0.25) is 0 Å². The fraction of sp³-hybridized carbons (Fsp3) is 0.167. The average molecular weight is 534 g/mol. The van der Waals surface area contributed by atoms with E-state index in [1.165, 1.54) is 11.3 Å². The summed E-state index contributed by atoms with van der Waals surface area (Å²) < 4.78 is 1.05. The van der Waals surface area contributed by atoms with E-state index >= 15 is 0 Å². The van der Waals surface area contributed by atoms with Crippen LogP contribution >= 0.6 is 40.7 Å². The molecule has 5 nitrogen and oxygen atoms in total. The van der Waals surface area contributed by atoms with Crippen LogP contribution in [0, 0.1) is 0 Å². The van der Waals surface area contributed by atoms with Gasteiger partial charge in [-0.25, -0.2) is 4.98 Å². The maximum atomic E-state index is 13.2. The van der Waals surface area contributed by atoms with Crippen LogP contribution in [0.4, 0.5) is 5.69 Å². The van der Waals surface area contributed by atoms with Crippen molar-refractivity contribution in [2.45, 2.75) is 19.0 Å². The predicted octanol–water partition coefficient (Wildman–Crippen LogP) is 5.53. The Morgan fingerprint density at radius 3 is 2.75 bits per heavy atom. The molecule has 5 rings (SSSR count). The van der Waals surface area contributed by atoms with Crippen molar-refractivity contribution in [1.82, 2.24) is 15.3 Å². The van der Waals surface area contributed by atoms with Gasteiger partial charge in [0.25, 0.3) is 5.91 Å². The number of halogens is 3. The number of anilines is 1. The molecule has 0 radical (unpaired) electrons. The van der Waals surface area contributed by atoms with E-state index in [9.17, 15) is 4.79 Å². The molecule has 1 atom stereocenters. The van der Waals surface area contributed by atoms with Crippen LogP contribution in [0.15, 0.2) is 77.7 Å². The van der Waals surface area contributed by atoms with Crippen molar-refractivity contribution >= 4 is 63.1 Å². The third-order valence-electron chi connectivity index (χ3n) is 5.57. The number of H-pyrrole nitrogens is 1. The number of hydrogen-bond donors (Lipinski definition) is 2. The van der Waals surface area contributed by atoms with Crippen molar-refractivity contribution in [2.75, 3.05) is 11.4 Å². The van der Waals surface area contributed by atoms with Gasteiger partial charge >= 0.3 is 0 Å². The third-order valence-corrected chi connectivity index (χ3v) is 6.07. The van der Waals surface area contributed by atoms with E-state index in [2.05, 4.69) is 54.3 Å². The van der Waals surface area contributed by atoms with E-state index in [1.54, 1.807) is 6.33 Å². The Kier molecular flexibility index (Phi) is 7.82. The van der Waals surface area contributed by atoms with Gasteiger partial charge in [-0.1, -0.05) is 52.3 Å². The minimum atomic E-state index is -0.0308. The molecule has 1 unspecified atom stereocenters. The first-order valence-corrected chi connectivity index (χ1v) is 10.8. The van der Waals surface area contributed by atoms with Gasteiger partial charge in [-0.3, -0.25) is 4.79 Å². The zero-order chi connectivity index (χ0) is 20.5. The molecule has 1 aliphatic heterocycles. The van der Waals surface area contributed by atoms with Crippen LogP contribution in [-0.2, 0) is 13.0 Å². The minimum absolute atomic E-state index is 0. The molecule has 8 heteroatoms. The molecule has 0 fully saturated rings. The molecule has 0 bridgehead atoms. The van der Waals surface area contributed by atoms with E-state index in [4.69, 9.17) is 0 Å². The standard InChI is InChI=1S/C24H21BrN4O.2ClH/c25-18-8-9-23-17(10-18)11-19(13-29(23)14-20-12-26-15-27-20)28-24(30)22-7-3-5-16-4-1-2-6-21(16)22;;/h1-10,12,15,19H,11,13-14H2,(H,26,27)(H,28,30);2*1H. The van der Waals surface area contributed by atoms with Crippen molar-refractivity contribution < 1.29 is 4.79 Å². The maximum Gasteiger partial charge on any atom is 0.252 e. The number of aromatic nitrogens is 2. The lowest BCUT2D eigenvalue weighted by molar-refractivity contribution is 0.0938. The number of fused-ring (bicyclic) bond motifs is 2. The number of aromatic amines is 1. The molecule has 2 heterocycles. The van der Waals surface area contributed by atoms with E-state index in [0.29, 0.717) is 5.56 Å². The summed E-state index contributed by atoms with van der Waals surface area (Å²) in [6, 6.07) is 20.2. The summed E-state index contributed by atoms with van der Waals surface area (Å²) in [5.41, 5.74) is 4.18. The number of nitrogens with one attached hydrogen (secondary N) is 2. The minimum Gasteiger partial charge on any atom is -0.363 e. The lowest BCUT2D eigenvalue weighted by atomic mass is 9.97. The van der Waals surface area contributed by atoms with Gasteiger partial charge in [-0.2, -0.15) is 0 Å². The molecule has 2 N–H and O–H groups in total. The summed E-state index contributed by atoms with van der Waals surface area (Å²) in [6.07, 6.45) is 4.34. The maximum absolute atomic E-state index is 13.2. The number of imidazole rings is 1. The van der Waals surface area contributed by atoms with Gasteiger partial charge in [0.05, 0.1) is 24.6 Å². The first-order valence-electron chi connectivity index (χ1n) is 9.96. The van der Waals surface area contributed by atoms with Crippen molar-refractivity contribution in [2.24, 2.45) is 0 Å². The highest BCUT2D eigenvalue weighted by molar-refractivity contribution is 9.10. The van der Waals surface area contributed by atoms with Crippen LogP contribution in [0.1, 0.15) is 21.6 Å². The normalized spacial score (nSPS) is 14.8. The Hall–Kier alpha value is -2.54. The second-order valence-corrected chi connectivity index (χ2v) is 8.55. The van der Waals surface area contributed by atoms with Gasteiger partial charge in [-0.15, -0.1) is 24.8 Å². The van der Waals surface area contributed by atoms with Gasteiger partial charge in [-0.05, 0) is 47.0 Å². The number of carbonyl (C=O) groups excluding carboxylic acids is 1. The van der Waals surface area contributed by atoms with Crippen molar-refractivity contribution in [1.29, 1.82) is 0 Å². The Labute approximate surface area is 207 Å². The number of hydrogen-bond acceptors (Lipinski definition) is 3. The fourth-order valence-corrected chi connectivity index (χ4v) is 4.64. The Bertz CT molecular complexity index is 1210. The highest BCUT2D eigenvalue weighted by atomic mass is 79.9. The summed E-state index contributed by atoms with van der Waals surface area (Å²) in [5, 5.41) is 5.33. The van der Waals surface area contributed by atoms with Crippen LogP contribution in [0.25, 0.3) is 10.8 Å². The molecule has 1 amide bonds. The lowest BCUT2D eigenvalue weighted by Crippen LogP contribution is -2.48. The van der Waals surface area contributed by atoms with Crippen LogP contribution in [0.5, 0.6) is 0 Å². The van der Waals surface area contributed by atoms with Crippen LogP contribution in [0.3, 0.4) is 0 Å². The highest BCUT2D eigenvalue weighted by Crippen LogP contribution is 2.31. The summed E-state index contributed by atoms with van der Waals surface area (Å²) in [4.78, 5) is 22.8.